The van der Waals surface area contributed by atoms with Crippen LogP contribution in [0.2, 0.25) is 18.1 Å². The number of carbonyl (C=O) groups is 2. The molecule has 0 aromatic rings. The first-order chi connectivity index (χ1) is 10.9. The molecule has 1 atom stereocenters. The highest BCUT2D eigenvalue weighted by molar-refractivity contribution is 6.74. The Morgan fingerprint density at radius 3 is 1.88 bits per heavy atom. The van der Waals surface area contributed by atoms with Crippen LogP contribution in [0, 0.1) is 5.41 Å². The number of nitrogens with one attached hydrogen (secondary N) is 1. The van der Waals surface area contributed by atoms with Gasteiger partial charge in [0.05, 0.1) is 0 Å². The van der Waals surface area contributed by atoms with E-state index >= 15 is 0 Å². The molecule has 0 radical (unpaired) electrons. The summed E-state index contributed by atoms with van der Waals surface area (Å²) >= 11 is 0. The van der Waals surface area contributed by atoms with Crippen molar-refractivity contribution in [2.24, 2.45) is 5.41 Å². The number of hydrogen-bond acceptors (Lipinski definition) is 4. The minimum Gasteiger partial charge on any atom is -0.480 e. The highest BCUT2D eigenvalue weighted by atomic mass is 28.4. The highest BCUT2D eigenvalue weighted by Gasteiger charge is 2.40. The predicted molar refractivity (Wildman–Crippen MR) is 102 cm³/mol. The lowest BCUT2D eigenvalue weighted by atomic mass is 9.81. The second kappa shape index (κ2) is 8.08. The normalized spacial score (nSPS) is 14.8. The molecular weight excluding hydrogens is 338 g/mol. The van der Waals surface area contributed by atoms with Gasteiger partial charge in [0.1, 0.15) is 11.6 Å². The van der Waals surface area contributed by atoms with E-state index in [-0.39, 0.29) is 5.04 Å². The fourth-order valence-corrected chi connectivity index (χ4v) is 2.99. The van der Waals surface area contributed by atoms with Crippen molar-refractivity contribution in [2.75, 3.05) is 6.61 Å². The van der Waals surface area contributed by atoms with Crippen molar-refractivity contribution in [3.63, 3.8) is 0 Å². The summed E-state index contributed by atoms with van der Waals surface area (Å²) in [6.45, 7) is 20.1. The SMILES string of the molecule is CC(C)(C)OC(=O)NC(C(=O)O)C(C)(C)CCO[Si](C)(C)C(C)(C)C. The summed E-state index contributed by atoms with van der Waals surface area (Å²) in [4.78, 5) is 23.6. The molecule has 0 spiro atoms. The summed E-state index contributed by atoms with van der Waals surface area (Å²) in [5.41, 5.74) is -1.35. The van der Waals surface area contributed by atoms with E-state index in [1.807, 2.05) is 13.8 Å². The van der Waals surface area contributed by atoms with E-state index in [2.05, 4.69) is 39.2 Å². The second-order valence-corrected chi connectivity index (χ2v) is 14.6. The van der Waals surface area contributed by atoms with E-state index in [4.69, 9.17) is 9.16 Å². The molecule has 2 N–H and O–H groups in total. The Hall–Kier alpha value is -1.08. The molecule has 0 aliphatic carbocycles. The van der Waals surface area contributed by atoms with Crippen LogP contribution in [0.3, 0.4) is 0 Å². The van der Waals surface area contributed by atoms with Crippen molar-refractivity contribution in [3.8, 4) is 0 Å². The molecule has 0 aliphatic rings. The van der Waals surface area contributed by atoms with Gasteiger partial charge in [-0.3, -0.25) is 0 Å². The van der Waals surface area contributed by atoms with Gasteiger partial charge in [0, 0.05) is 6.61 Å². The number of ether oxygens (including phenoxy) is 1. The smallest absolute Gasteiger partial charge is 0.408 e. The number of alkyl carbamates (subject to hydrolysis) is 1. The molecule has 0 bridgehead atoms. The topological polar surface area (TPSA) is 84.9 Å². The molecule has 0 saturated heterocycles. The van der Waals surface area contributed by atoms with Gasteiger partial charge >= 0.3 is 12.1 Å². The minimum absolute atomic E-state index is 0.0953. The maximum atomic E-state index is 12.0. The number of carboxylic acids is 1. The monoisotopic (exact) mass is 375 g/mol. The van der Waals surface area contributed by atoms with Crippen LogP contribution in [-0.4, -0.2) is 43.7 Å². The molecule has 7 heteroatoms. The van der Waals surface area contributed by atoms with Gasteiger partial charge in [-0.15, -0.1) is 0 Å². The first-order valence-electron chi connectivity index (χ1n) is 8.75. The minimum atomic E-state index is -1.89. The molecule has 0 rings (SSSR count). The zero-order valence-corrected chi connectivity index (χ0v) is 18.6. The largest absolute Gasteiger partial charge is 0.480 e. The Kier molecular flexibility index (Phi) is 7.73. The van der Waals surface area contributed by atoms with E-state index in [1.165, 1.54) is 0 Å². The molecule has 0 aliphatic heterocycles. The number of carbonyl (C=O) groups excluding carboxylic acids is 1. The van der Waals surface area contributed by atoms with Crippen LogP contribution in [0.1, 0.15) is 61.8 Å². The molecule has 0 aromatic carbocycles. The quantitative estimate of drug-likeness (QED) is 0.644. The Morgan fingerprint density at radius 2 is 1.52 bits per heavy atom. The van der Waals surface area contributed by atoms with Gasteiger partial charge in [-0.1, -0.05) is 34.6 Å². The van der Waals surface area contributed by atoms with Crippen LogP contribution in [-0.2, 0) is 14.0 Å². The van der Waals surface area contributed by atoms with Crippen molar-refractivity contribution in [2.45, 2.75) is 91.6 Å². The van der Waals surface area contributed by atoms with Gasteiger partial charge in [-0.25, -0.2) is 9.59 Å². The number of aliphatic carboxylic acids is 1. The van der Waals surface area contributed by atoms with E-state index in [0.717, 1.165) is 0 Å². The first-order valence-corrected chi connectivity index (χ1v) is 11.7. The molecule has 25 heavy (non-hydrogen) atoms. The van der Waals surface area contributed by atoms with Crippen LogP contribution >= 0.6 is 0 Å². The third kappa shape index (κ3) is 8.22. The van der Waals surface area contributed by atoms with Crippen molar-refractivity contribution < 1.29 is 23.9 Å². The fourth-order valence-electron chi connectivity index (χ4n) is 1.95. The molecule has 0 saturated carbocycles. The summed E-state index contributed by atoms with van der Waals surface area (Å²) < 4.78 is 11.3. The van der Waals surface area contributed by atoms with Crippen LogP contribution in [0.25, 0.3) is 0 Å². The van der Waals surface area contributed by atoms with E-state index < -0.39 is 37.4 Å². The van der Waals surface area contributed by atoms with Gasteiger partial charge in [-0.2, -0.15) is 0 Å². The van der Waals surface area contributed by atoms with Crippen LogP contribution in [0.15, 0.2) is 0 Å². The van der Waals surface area contributed by atoms with Crippen molar-refractivity contribution in [3.05, 3.63) is 0 Å². The summed E-state index contributed by atoms with van der Waals surface area (Å²) in [6.07, 6.45) is -0.204. The van der Waals surface area contributed by atoms with Crippen molar-refractivity contribution >= 4 is 20.4 Å². The fraction of sp³-hybridized carbons (Fsp3) is 0.889. The van der Waals surface area contributed by atoms with E-state index in [9.17, 15) is 14.7 Å². The van der Waals surface area contributed by atoms with Gasteiger partial charge in [0.2, 0.25) is 0 Å². The van der Waals surface area contributed by atoms with E-state index in [0.29, 0.717) is 13.0 Å². The molecule has 1 amide bonds. The van der Waals surface area contributed by atoms with Crippen LogP contribution < -0.4 is 5.32 Å². The lowest BCUT2D eigenvalue weighted by molar-refractivity contribution is -0.142. The summed E-state index contributed by atoms with van der Waals surface area (Å²) in [6, 6.07) is -1.05. The average molecular weight is 376 g/mol. The number of amides is 1. The Bertz CT molecular complexity index is 475. The predicted octanol–water partition coefficient (Wildman–Crippen LogP) is 4.40. The number of hydrogen-bond donors (Lipinski definition) is 2. The van der Waals surface area contributed by atoms with Gasteiger partial charge < -0.3 is 19.6 Å². The molecule has 0 heterocycles. The van der Waals surface area contributed by atoms with Crippen LogP contribution in [0.5, 0.6) is 0 Å². The third-order valence-electron chi connectivity index (χ3n) is 4.70. The zero-order valence-electron chi connectivity index (χ0n) is 17.6. The molecule has 148 valence electrons. The third-order valence-corrected chi connectivity index (χ3v) is 9.24. The number of carboxylic acid groups (broad SMARTS) is 1. The lowest BCUT2D eigenvalue weighted by Gasteiger charge is -2.38. The summed E-state index contributed by atoms with van der Waals surface area (Å²) in [7, 11) is -1.89. The first kappa shape index (κ1) is 23.9. The maximum absolute atomic E-state index is 12.0. The summed E-state index contributed by atoms with van der Waals surface area (Å²) in [5, 5.41) is 12.1. The molecular formula is C18H37NO5Si. The molecule has 6 nitrogen and oxygen atoms in total. The van der Waals surface area contributed by atoms with Gasteiger partial charge in [0.25, 0.3) is 0 Å². The zero-order chi connectivity index (χ0) is 20.3. The summed E-state index contributed by atoms with van der Waals surface area (Å²) in [5.74, 6) is -1.08. The van der Waals surface area contributed by atoms with Crippen LogP contribution in [0.4, 0.5) is 4.79 Å². The Balaban J connectivity index is 4.92. The van der Waals surface area contributed by atoms with Crippen molar-refractivity contribution in [1.82, 2.24) is 5.32 Å². The van der Waals surface area contributed by atoms with Crippen molar-refractivity contribution in [1.29, 1.82) is 0 Å². The second-order valence-electron chi connectivity index (χ2n) is 9.76. The number of rotatable bonds is 7. The Morgan fingerprint density at radius 1 is 1.04 bits per heavy atom. The van der Waals surface area contributed by atoms with Gasteiger partial charge in [-0.05, 0) is 50.7 Å². The average Bonchev–Trinajstić information content (AvgIpc) is 2.31. The Labute approximate surface area is 153 Å². The van der Waals surface area contributed by atoms with E-state index in [1.54, 1.807) is 20.8 Å². The molecule has 0 fully saturated rings. The lowest BCUT2D eigenvalue weighted by Crippen LogP contribution is -2.52. The van der Waals surface area contributed by atoms with Gasteiger partial charge in [0.15, 0.2) is 8.32 Å². The molecule has 0 aromatic heterocycles. The highest BCUT2D eigenvalue weighted by Crippen LogP contribution is 2.37. The maximum Gasteiger partial charge on any atom is 0.408 e. The standard InChI is InChI=1S/C18H37NO5Si/c1-16(2,3)24-15(22)19-13(14(20)21)18(7,8)11-12-23-25(9,10)17(4,5)6/h13H,11-12H2,1-10H3,(H,19,22)(H,20,21). The molecule has 1 unspecified atom stereocenters.